The van der Waals surface area contributed by atoms with Crippen LogP contribution in [-0.2, 0) is 10.9 Å². The highest BCUT2D eigenvalue weighted by Crippen LogP contribution is 2.37. The molecule has 4 aromatic rings. The molecule has 5 rings (SSSR count). The average Bonchev–Trinajstić information content (AvgIpc) is 3.38. The van der Waals surface area contributed by atoms with E-state index in [1.54, 1.807) is 36.3 Å². The van der Waals surface area contributed by atoms with E-state index in [-0.39, 0.29) is 34.6 Å². The summed E-state index contributed by atoms with van der Waals surface area (Å²) in [5, 5.41) is 4.00. The second-order valence-electron chi connectivity index (χ2n) is 10.2. The number of carbonyl (C=O) groups excluding carboxylic acids is 1. The number of hydrogen-bond donors (Lipinski definition) is 0. The summed E-state index contributed by atoms with van der Waals surface area (Å²) in [7, 11) is 3.17. The number of amides is 1. The Labute approximate surface area is 236 Å². The Hall–Kier alpha value is -3.96. The van der Waals surface area contributed by atoms with E-state index >= 15 is 0 Å². The van der Waals surface area contributed by atoms with Gasteiger partial charge in [-0.25, -0.2) is 9.50 Å². The molecule has 216 valence electrons. The van der Waals surface area contributed by atoms with Gasteiger partial charge < -0.3 is 14.4 Å². The van der Waals surface area contributed by atoms with Gasteiger partial charge in [0, 0.05) is 43.9 Å². The van der Waals surface area contributed by atoms with Gasteiger partial charge >= 0.3 is 6.18 Å². The SMILES string of the molecule is COC[C@@H](c1ccccc1)N1CCN(C(=O)c2cnn3c(C(F)(F)F)c(C)c(-c4ccc(OC)cc4)nc23)[C@H](C)C1. The summed E-state index contributed by atoms with van der Waals surface area (Å²) in [6.07, 6.45) is -3.53. The number of ether oxygens (including phenoxy) is 2. The van der Waals surface area contributed by atoms with E-state index in [0.717, 1.165) is 10.1 Å². The number of halogens is 3. The molecular formula is C30H32F3N5O3. The Morgan fingerprint density at radius 2 is 1.78 bits per heavy atom. The maximum atomic E-state index is 14.3. The van der Waals surface area contributed by atoms with Gasteiger partial charge in [-0.3, -0.25) is 9.69 Å². The van der Waals surface area contributed by atoms with E-state index in [2.05, 4.69) is 27.1 Å². The number of methoxy groups -OCH3 is 2. The second-order valence-corrected chi connectivity index (χ2v) is 10.2. The molecule has 1 saturated heterocycles. The fraction of sp³-hybridized carbons (Fsp3) is 0.367. The van der Waals surface area contributed by atoms with Crippen molar-refractivity contribution in [2.24, 2.45) is 0 Å². The number of rotatable bonds is 7. The molecule has 0 aliphatic carbocycles. The van der Waals surface area contributed by atoms with Crippen LogP contribution in [0.25, 0.3) is 16.9 Å². The molecule has 2 aromatic carbocycles. The molecule has 8 nitrogen and oxygen atoms in total. The normalized spacial score (nSPS) is 17.1. The molecule has 0 N–H and O–H groups in total. The van der Waals surface area contributed by atoms with Gasteiger partial charge in [-0.05, 0) is 43.7 Å². The number of carbonyl (C=O) groups is 1. The Bertz CT molecular complexity index is 1520. The Morgan fingerprint density at radius 3 is 2.39 bits per heavy atom. The Kier molecular flexibility index (Phi) is 8.01. The van der Waals surface area contributed by atoms with E-state index in [1.165, 1.54) is 20.2 Å². The lowest BCUT2D eigenvalue weighted by atomic mass is 10.0. The van der Waals surface area contributed by atoms with Gasteiger partial charge in [0.25, 0.3) is 5.91 Å². The van der Waals surface area contributed by atoms with Gasteiger partial charge in [0.15, 0.2) is 11.3 Å². The molecule has 0 radical (unpaired) electrons. The largest absolute Gasteiger partial charge is 0.497 e. The van der Waals surface area contributed by atoms with Crippen LogP contribution >= 0.6 is 0 Å². The molecule has 0 bridgehead atoms. The number of aromatic nitrogens is 3. The standard InChI is InChI=1S/C30H32F3N5O3/c1-19-17-36(25(18-40-3)21-8-6-5-7-9-21)14-15-37(19)29(39)24-16-34-38-27(30(31,32)33)20(2)26(35-28(24)38)22-10-12-23(41-4)13-11-22/h5-13,16,19,25H,14-15,17-18H2,1-4H3/t19-,25+/m1/s1. The molecule has 0 spiro atoms. The van der Waals surface area contributed by atoms with E-state index in [9.17, 15) is 18.0 Å². The molecular weight excluding hydrogens is 535 g/mol. The summed E-state index contributed by atoms with van der Waals surface area (Å²) in [6.45, 7) is 5.35. The highest BCUT2D eigenvalue weighted by Gasteiger charge is 2.39. The number of hydrogen-bond acceptors (Lipinski definition) is 6. The molecule has 1 fully saturated rings. The zero-order valence-corrected chi connectivity index (χ0v) is 23.4. The van der Waals surface area contributed by atoms with Gasteiger partial charge in [-0.1, -0.05) is 30.3 Å². The minimum Gasteiger partial charge on any atom is -0.497 e. The maximum absolute atomic E-state index is 14.3. The lowest BCUT2D eigenvalue weighted by molar-refractivity contribution is -0.143. The van der Waals surface area contributed by atoms with Gasteiger partial charge in [0.2, 0.25) is 0 Å². The molecule has 41 heavy (non-hydrogen) atoms. The van der Waals surface area contributed by atoms with Gasteiger partial charge in [-0.2, -0.15) is 18.3 Å². The van der Waals surface area contributed by atoms with Gasteiger partial charge in [0.1, 0.15) is 11.3 Å². The molecule has 1 amide bonds. The summed E-state index contributed by atoms with van der Waals surface area (Å²) in [5.74, 6) is 0.164. The van der Waals surface area contributed by atoms with Crippen LogP contribution in [0.4, 0.5) is 13.2 Å². The van der Waals surface area contributed by atoms with Crippen LogP contribution in [0.5, 0.6) is 5.75 Å². The van der Waals surface area contributed by atoms with Gasteiger partial charge in [0.05, 0.1) is 31.6 Å². The second kappa shape index (κ2) is 11.5. The lowest BCUT2D eigenvalue weighted by Crippen LogP contribution is -2.55. The van der Waals surface area contributed by atoms with Crippen molar-refractivity contribution in [3.05, 3.63) is 83.2 Å². The van der Waals surface area contributed by atoms with E-state index < -0.39 is 17.8 Å². The number of piperazine rings is 1. The van der Waals surface area contributed by atoms with Crippen molar-refractivity contribution in [3.63, 3.8) is 0 Å². The van der Waals surface area contributed by atoms with Crippen molar-refractivity contribution in [1.82, 2.24) is 24.4 Å². The zero-order valence-electron chi connectivity index (χ0n) is 23.4. The third kappa shape index (κ3) is 5.51. The minimum atomic E-state index is -4.72. The smallest absolute Gasteiger partial charge is 0.433 e. The highest BCUT2D eigenvalue weighted by atomic mass is 19.4. The van der Waals surface area contributed by atoms with Crippen molar-refractivity contribution >= 4 is 11.6 Å². The Morgan fingerprint density at radius 1 is 1.07 bits per heavy atom. The van der Waals surface area contributed by atoms with Crippen molar-refractivity contribution < 1.29 is 27.4 Å². The molecule has 1 aliphatic heterocycles. The first-order valence-electron chi connectivity index (χ1n) is 13.3. The predicted molar refractivity (Wildman–Crippen MR) is 148 cm³/mol. The van der Waals surface area contributed by atoms with Crippen LogP contribution in [0, 0.1) is 6.92 Å². The fourth-order valence-electron chi connectivity index (χ4n) is 5.56. The fourth-order valence-corrected chi connectivity index (χ4v) is 5.56. The van der Waals surface area contributed by atoms with Crippen molar-refractivity contribution in [1.29, 1.82) is 0 Å². The number of nitrogens with zero attached hydrogens (tertiary/aromatic N) is 5. The minimum absolute atomic E-state index is 0.0175. The monoisotopic (exact) mass is 567 g/mol. The molecule has 0 saturated carbocycles. The van der Waals surface area contributed by atoms with Crippen LogP contribution in [0.3, 0.4) is 0 Å². The first kappa shape index (κ1) is 28.6. The van der Waals surface area contributed by atoms with E-state index in [0.29, 0.717) is 37.6 Å². The van der Waals surface area contributed by atoms with Crippen molar-refractivity contribution in [2.75, 3.05) is 40.5 Å². The maximum Gasteiger partial charge on any atom is 0.433 e. The molecule has 2 atom stereocenters. The summed E-state index contributed by atoms with van der Waals surface area (Å²) in [4.78, 5) is 22.4. The lowest BCUT2D eigenvalue weighted by Gasteiger charge is -2.43. The summed E-state index contributed by atoms with van der Waals surface area (Å²) < 4.78 is 54.4. The predicted octanol–water partition coefficient (Wildman–Crippen LogP) is 5.27. The third-order valence-corrected chi connectivity index (χ3v) is 7.62. The Balaban J connectivity index is 1.49. The van der Waals surface area contributed by atoms with Crippen LogP contribution in [0.1, 0.15) is 40.1 Å². The van der Waals surface area contributed by atoms with Crippen LogP contribution in [0.2, 0.25) is 0 Å². The van der Waals surface area contributed by atoms with Crippen molar-refractivity contribution in [2.45, 2.75) is 32.1 Å². The van der Waals surface area contributed by atoms with Crippen LogP contribution in [0.15, 0.2) is 60.8 Å². The molecule has 3 heterocycles. The summed E-state index contributed by atoms with van der Waals surface area (Å²) in [5.41, 5.74) is 0.583. The van der Waals surface area contributed by atoms with Gasteiger partial charge in [-0.15, -0.1) is 0 Å². The molecule has 2 aromatic heterocycles. The topological polar surface area (TPSA) is 72.2 Å². The summed E-state index contributed by atoms with van der Waals surface area (Å²) in [6, 6.07) is 16.4. The zero-order chi connectivity index (χ0) is 29.3. The van der Waals surface area contributed by atoms with Crippen LogP contribution < -0.4 is 4.74 Å². The molecule has 1 aliphatic rings. The summed E-state index contributed by atoms with van der Waals surface area (Å²) >= 11 is 0. The number of fused-ring (bicyclic) bond motifs is 1. The average molecular weight is 568 g/mol. The molecule has 0 unspecified atom stereocenters. The third-order valence-electron chi connectivity index (χ3n) is 7.62. The molecule has 11 heteroatoms. The highest BCUT2D eigenvalue weighted by molar-refractivity contribution is 6.00. The first-order valence-corrected chi connectivity index (χ1v) is 13.3. The van der Waals surface area contributed by atoms with E-state index in [1.807, 2.05) is 25.1 Å². The first-order chi connectivity index (χ1) is 19.6. The van der Waals surface area contributed by atoms with Crippen LogP contribution in [-0.4, -0.2) is 76.8 Å². The van der Waals surface area contributed by atoms with Crippen molar-refractivity contribution in [3.8, 4) is 17.0 Å². The van der Waals surface area contributed by atoms with E-state index in [4.69, 9.17) is 9.47 Å². The number of benzene rings is 2. The quantitative estimate of drug-likeness (QED) is 0.303. The number of alkyl halides is 3.